The first-order valence-electron chi connectivity index (χ1n) is 4.25. The lowest BCUT2D eigenvalue weighted by molar-refractivity contribution is 0.199. The van der Waals surface area contributed by atoms with Gasteiger partial charge in [-0.05, 0) is 37.1 Å². The molecule has 0 bridgehead atoms. The lowest BCUT2D eigenvalue weighted by Crippen LogP contribution is -1.95. The predicted molar refractivity (Wildman–Crippen MR) is 51.7 cm³/mol. The van der Waals surface area contributed by atoms with Crippen LogP contribution in [0.15, 0.2) is 24.3 Å². The Morgan fingerprint density at radius 2 is 2.15 bits per heavy atom. The molecule has 2 heteroatoms. The highest BCUT2D eigenvalue weighted by molar-refractivity contribution is 5.54. The number of halogens is 1. The average molecular weight is 180 g/mol. The van der Waals surface area contributed by atoms with Gasteiger partial charge in [0.25, 0.3) is 0 Å². The smallest absolute Gasteiger partial charge is 0.123 e. The maximum absolute atomic E-state index is 12.8. The Labute approximate surface area is 77.5 Å². The van der Waals surface area contributed by atoms with E-state index in [1.807, 2.05) is 13.0 Å². The zero-order valence-corrected chi connectivity index (χ0v) is 7.79. The van der Waals surface area contributed by atoms with E-state index in [2.05, 4.69) is 0 Å². The van der Waals surface area contributed by atoms with E-state index in [1.54, 1.807) is 19.1 Å². The first-order valence-corrected chi connectivity index (χ1v) is 4.25. The second kappa shape index (κ2) is 4.19. The maximum Gasteiger partial charge on any atom is 0.123 e. The summed E-state index contributed by atoms with van der Waals surface area (Å²) in [4.78, 5) is 0. The fourth-order valence-corrected chi connectivity index (χ4v) is 1.25. The van der Waals surface area contributed by atoms with Crippen LogP contribution in [0.3, 0.4) is 0 Å². The molecule has 0 amide bonds. The van der Waals surface area contributed by atoms with Gasteiger partial charge in [0.15, 0.2) is 0 Å². The average Bonchev–Trinajstić information content (AvgIpc) is 2.04. The first-order chi connectivity index (χ1) is 6.15. The van der Waals surface area contributed by atoms with Crippen LogP contribution in [-0.4, -0.2) is 5.11 Å². The lowest BCUT2D eigenvalue weighted by atomic mass is 10.0. The standard InChI is InChI=1S/C11H13FO/c1-3-4-9-7-10(12)5-6-11(9)8(2)13/h3-8,13H,1-2H3/b4-3-/t8-/m0/s1. The fraction of sp³-hybridized carbons (Fsp3) is 0.273. The minimum absolute atomic E-state index is 0.280. The molecule has 13 heavy (non-hydrogen) atoms. The molecule has 1 nitrogen and oxygen atoms in total. The van der Waals surface area contributed by atoms with Crippen molar-refractivity contribution < 1.29 is 9.50 Å². The number of rotatable bonds is 2. The molecule has 0 aromatic heterocycles. The van der Waals surface area contributed by atoms with Crippen molar-refractivity contribution in [3.05, 3.63) is 41.2 Å². The van der Waals surface area contributed by atoms with Gasteiger partial charge in [0.05, 0.1) is 6.10 Å². The zero-order chi connectivity index (χ0) is 9.84. The van der Waals surface area contributed by atoms with Crippen molar-refractivity contribution in [3.63, 3.8) is 0 Å². The van der Waals surface area contributed by atoms with Crippen LogP contribution >= 0.6 is 0 Å². The molecule has 1 rings (SSSR count). The van der Waals surface area contributed by atoms with Crippen molar-refractivity contribution in [2.45, 2.75) is 20.0 Å². The van der Waals surface area contributed by atoms with Crippen LogP contribution in [0, 0.1) is 5.82 Å². The quantitative estimate of drug-likeness (QED) is 0.741. The van der Waals surface area contributed by atoms with E-state index in [1.165, 1.54) is 12.1 Å². The van der Waals surface area contributed by atoms with E-state index in [4.69, 9.17) is 0 Å². The van der Waals surface area contributed by atoms with Crippen LogP contribution in [-0.2, 0) is 0 Å². The van der Waals surface area contributed by atoms with Crippen LogP contribution in [0.4, 0.5) is 4.39 Å². The number of benzene rings is 1. The van der Waals surface area contributed by atoms with Crippen LogP contribution in [0.2, 0.25) is 0 Å². The fourth-order valence-electron chi connectivity index (χ4n) is 1.25. The Bertz CT molecular complexity index is 316. The van der Waals surface area contributed by atoms with Crippen LogP contribution < -0.4 is 0 Å². The van der Waals surface area contributed by atoms with Gasteiger partial charge in [0.1, 0.15) is 5.82 Å². The van der Waals surface area contributed by atoms with E-state index in [0.29, 0.717) is 0 Å². The second-order valence-electron chi connectivity index (χ2n) is 2.95. The number of aliphatic hydroxyl groups is 1. The van der Waals surface area contributed by atoms with E-state index < -0.39 is 6.10 Å². The van der Waals surface area contributed by atoms with Crippen molar-refractivity contribution in [2.75, 3.05) is 0 Å². The third-order valence-corrected chi connectivity index (χ3v) is 1.85. The van der Waals surface area contributed by atoms with Gasteiger partial charge in [-0.1, -0.05) is 18.2 Å². The number of allylic oxidation sites excluding steroid dienone is 1. The molecular formula is C11H13FO. The third-order valence-electron chi connectivity index (χ3n) is 1.85. The summed E-state index contributed by atoms with van der Waals surface area (Å²) in [5, 5.41) is 9.37. The molecule has 1 aromatic carbocycles. The summed E-state index contributed by atoms with van der Waals surface area (Å²) in [7, 11) is 0. The summed E-state index contributed by atoms with van der Waals surface area (Å²) in [6.45, 7) is 3.52. The van der Waals surface area contributed by atoms with E-state index >= 15 is 0 Å². The molecule has 0 saturated heterocycles. The molecule has 0 aliphatic heterocycles. The zero-order valence-electron chi connectivity index (χ0n) is 7.79. The van der Waals surface area contributed by atoms with Gasteiger partial charge in [-0.15, -0.1) is 0 Å². The van der Waals surface area contributed by atoms with Crippen molar-refractivity contribution in [3.8, 4) is 0 Å². The predicted octanol–water partition coefficient (Wildman–Crippen LogP) is 2.91. The number of hydrogen-bond donors (Lipinski definition) is 1. The molecule has 0 radical (unpaired) electrons. The topological polar surface area (TPSA) is 20.2 Å². The molecule has 0 heterocycles. The highest BCUT2D eigenvalue weighted by atomic mass is 19.1. The van der Waals surface area contributed by atoms with Gasteiger partial charge in [0.2, 0.25) is 0 Å². The van der Waals surface area contributed by atoms with E-state index in [0.717, 1.165) is 11.1 Å². The van der Waals surface area contributed by atoms with E-state index in [9.17, 15) is 9.50 Å². The normalized spacial score (nSPS) is 13.5. The monoisotopic (exact) mass is 180 g/mol. The van der Waals surface area contributed by atoms with Crippen molar-refractivity contribution in [1.29, 1.82) is 0 Å². The molecule has 0 aliphatic carbocycles. The Balaban J connectivity index is 3.18. The molecule has 0 aliphatic rings. The summed E-state index contributed by atoms with van der Waals surface area (Å²) < 4.78 is 12.8. The number of hydrogen-bond acceptors (Lipinski definition) is 1. The molecule has 0 saturated carbocycles. The van der Waals surface area contributed by atoms with Gasteiger partial charge in [-0.25, -0.2) is 4.39 Å². The summed E-state index contributed by atoms with van der Waals surface area (Å²) in [5.41, 5.74) is 1.48. The number of aliphatic hydroxyl groups excluding tert-OH is 1. The summed E-state index contributed by atoms with van der Waals surface area (Å²) in [5.74, 6) is -0.280. The summed E-state index contributed by atoms with van der Waals surface area (Å²) in [6, 6.07) is 4.38. The van der Waals surface area contributed by atoms with Gasteiger partial charge in [0, 0.05) is 0 Å². The van der Waals surface area contributed by atoms with Gasteiger partial charge in [-0.3, -0.25) is 0 Å². The Morgan fingerprint density at radius 1 is 1.46 bits per heavy atom. The maximum atomic E-state index is 12.8. The third kappa shape index (κ3) is 2.39. The van der Waals surface area contributed by atoms with Crippen LogP contribution in [0.1, 0.15) is 31.1 Å². The molecule has 0 spiro atoms. The SMILES string of the molecule is C/C=C\c1cc(F)ccc1[C@H](C)O. The van der Waals surface area contributed by atoms with E-state index in [-0.39, 0.29) is 5.82 Å². The Morgan fingerprint density at radius 3 is 2.69 bits per heavy atom. The Kier molecular flexibility index (Phi) is 3.20. The van der Waals surface area contributed by atoms with Crippen LogP contribution in [0.25, 0.3) is 6.08 Å². The lowest BCUT2D eigenvalue weighted by Gasteiger charge is -2.08. The highest BCUT2D eigenvalue weighted by Crippen LogP contribution is 2.19. The summed E-state index contributed by atoms with van der Waals surface area (Å²) in [6.07, 6.45) is 3.04. The molecule has 1 aromatic rings. The second-order valence-corrected chi connectivity index (χ2v) is 2.95. The van der Waals surface area contributed by atoms with Crippen LogP contribution in [0.5, 0.6) is 0 Å². The Hall–Kier alpha value is -1.15. The van der Waals surface area contributed by atoms with Gasteiger partial charge >= 0.3 is 0 Å². The minimum atomic E-state index is -0.563. The molecular weight excluding hydrogens is 167 g/mol. The molecule has 1 atom stereocenters. The molecule has 0 unspecified atom stereocenters. The first kappa shape index (κ1) is 9.93. The molecule has 70 valence electrons. The van der Waals surface area contributed by atoms with Gasteiger partial charge in [-0.2, -0.15) is 0 Å². The largest absolute Gasteiger partial charge is 0.389 e. The van der Waals surface area contributed by atoms with Crippen molar-refractivity contribution in [1.82, 2.24) is 0 Å². The minimum Gasteiger partial charge on any atom is -0.389 e. The molecule has 1 N–H and O–H groups in total. The summed E-state index contributed by atoms with van der Waals surface area (Å²) >= 11 is 0. The molecule has 0 fully saturated rings. The highest BCUT2D eigenvalue weighted by Gasteiger charge is 2.05. The van der Waals surface area contributed by atoms with Crippen molar-refractivity contribution >= 4 is 6.08 Å². The van der Waals surface area contributed by atoms with Crippen molar-refractivity contribution in [2.24, 2.45) is 0 Å². The van der Waals surface area contributed by atoms with Gasteiger partial charge < -0.3 is 5.11 Å².